The molecule has 0 aliphatic carbocycles. The fourth-order valence-corrected chi connectivity index (χ4v) is 3.51. The van der Waals surface area contributed by atoms with Gasteiger partial charge in [-0.1, -0.05) is 25.5 Å². The zero-order valence-electron chi connectivity index (χ0n) is 17.3. The maximum absolute atomic E-state index is 11.9. The molecule has 1 aliphatic rings. The molecule has 0 amide bonds. The summed E-state index contributed by atoms with van der Waals surface area (Å²) in [6.45, 7) is 19.3. The summed E-state index contributed by atoms with van der Waals surface area (Å²) in [5.74, 6) is 0.475. The van der Waals surface area contributed by atoms with E-state index in [-0.39, 0.29) is 5.97 Å². The predicted molar refractivity (Wildman–Crippen MR) is 104 cm³/mol. The number of carbonyl (C=O) groups excluding carboxylic acids is 1. The van der Waals surface area contributed by atoms with Crippen molar-refractivity contribution < 1.29 is 14.3 Å². The molecule has 1 unspecified atom stereocenters. The highest BCUT2D eigenvalue weighted by molar-refractivity contribution is 5.72. The molecule has 0 spiro atoms. The predicted octanol–water partition coefficient (Wildman–Crippen LogP) is 4.58. The first kappa shape index (κ1) is 22.2. The molecular weight excluding hydrogens is 314 g/mol. The summed E-state index contributed by atoms with van der Waals surface area (Å²) in [5.41, 5.74) is 0.559. The standard InChI is InChI=1S/C21H39NO3/c1-8-9-19(13-22-17(3)14-24-15-18(22)4)11-10-16(2)12-20(23)25-21(5,6)7/h17-19H,2,8-15H2,1,3-7H3/t17-,18-,19?/m0/s1. The van der Waals surface area contributed by atoms with Gasteiger partial charge in [-0.25, -0.2) is 0 Å². The van der Waals surface area contributed by atoms with Crippen molar-refractivity contribution in [2.45, 2.75) is 91.3 Å². The zero-order chi connectivity index (χ0) is 19.0. The van der Waals surface area contributed by atoms with Crippen LogP contribution < -0.4 is 0 Å². The van der Waals surface area contributed by atoms with Gasteiger partial charge in [-0.05, 0) is 59.8 Å². The van der Waals surface area contributed by atoms with Gasteiger partial charge in [0, 0.05) is 18.6 Å². The Kier molecular flexibility index (Phi) is 9.15. The quantitative estimate of drug-likeness (QED) is 0.449. The molecule has 0 radical (unpaired) electrons. The average molecular weight is 354 g/mol. The molecule has 0 aromatic heterocycles. The SMILES string of the molecule is C=C(CCC(CCC)CN1[C@@H](C)COC[C@@H]1C)CC(=O)OC(C)(C)C. The molecule has 4 heteroatoms. The van der Waals surface area contributed by atoms with E-state index in [1.165, 1.54) is 12.8 Å². The molecule has 0 N–H and O–H groups in total. The van der Waals surface area contributed by atoms with E-state index in [4.69, 9.17) is 9.47 Å². The van der Waals surface area contributed by atoms with Gasteiger partial charge in [0.15, 0.2) is 0 Å². The zero-order valence-corrected chi connectivity index (χ0v) is 17.3. The number of ether oxygens (including phenoxy) is 2. The first-order valence-electron chi connectivity index (χ1n) is 9.84. The van der Waals surface area contributed by atoms with Gasteiger partial charge < -0.3 is 9.47 Å². The smallest absolute Gasteiger partial charge is 0.310 e. The van der Waals surface area contributed by atoms with E-state index in [0.717, 1.165) is 38.2 Å². The second kappa shape index (κ2) is 10.3. The molecule has 1 aliphatic heterocycles. The molecule has 1 fully saturated rings. The Morgan fingerprint density at radius 3 is 2.36 bits per heavy atom. The third-order valence-electron chi connectivity index (χ3n) is 4.74. The van der Waals surface area contributed by atoms with Gasteiger partial charge in [0.2, 0.25) is 0 Å². The van der Waals surface area contributed by atoms with Crippen molar-refractivity contribution in [2.24, 2.45) is 5.92 Å². The van der Waals surface area contributed by atoms with Gasteiger partial charge in [0.1, 0.15) is 5.60 Å². The maximum Gasteiger partial charge on any atom is 0.310 e. The fourth-order valence-electron chi connectivity index (χ4n) is 3.51. The Labute approximate surface area is 154 Å². The first-order chi connectivity index (χ1) is 11.6. The molecule has 0 bridgehead atoms. The van der Waals surface area contributed by atoms with E-state index >= 15 is 0 Å². The second-order valence-electron chi connectivity index (χ2n) is 8.64. The van der Waals surface area contributed by atoms with E-state index in [1.54, 1.807) is 0 Å². The number of rotatable bonds is 9. The van der Waals surface area contributed by atoms with Crippen molar-refractivity contribution in [2.75, 3.05) is 19.8 Å². The average Bonchev–Trinajstić information content (AvgIpc) is 2.46. The summed E-state index contributed by atoms with van der Waals surface area (Å²) in [5, 5.41) is 0. The third-order valence-corrected chi connectivity index (χ3v) is 4.74. The Morgan fingerprint density at radius 2 is 1.84 bits per heavy atom. The topological polar surface area (TPSA) is 38.8 Å². The summed E-state index contributed by atoms with van der Waals surface area (Å²) in [4.78, 5) is 14.5. The summed E-state index contributed by atoms with van der Waals surface area (Å²) < 4.78 is 11.0. The molecule has 4 nitrogen and oxygen atoms in total. The van der Waals surface area contributed by atoms with Crippen LogP contribution in [0.3, 0.4) is 0 Å². The molecular formula is C21H39NO3. The van der Waals surface area contributed by atoms with Crippen molar-refractivity contribution in [3.05, 3.63) is 12.2 Å². The summed E-state index contributed by atoms with van der Waals surface area (Å²) in [6, 6.07) is 0.959. The molecule has 1 rings (SSSR count). The summed E-state index contributed by atoms with van der Waals surface area (Å²) in [6.07, 6.45) is 4.73. The van der Waals surface area contributed by atoms with Crippen molar-refractivity contribution in [3.8, 4) is 0 Å². The van der Waals surface area contributed by atoms with E-state index in [1.807, 2.05) is 20.8 Å². The Hall–Kier alpha value is -0.870. The third kappa shape index (κ3) is 8.87. The van der Waals surface area contributed by atoms with E-state index in [9.17, 15) is 4.79 Å². The lowest BCUT2D eigenvalue weighted by molar-refractivity contribution is -0.153. The molecule has 1 heterocycles. The van der Waals surface area contributed by atoms with Crippen LogP contribution in [0.15, 0.2) is 12.2 Å². The summed E-state index contributed by atoms with van der Waals surface area (Å²) in [7, 11) is 0. The van der Waals surface area contributed by atoms with Crippen LogP contribution >= 0.6 is 0 Å². The number of nitrogens with zero attached hydrogens (tertiary/aromatic N) is 1. The number of hydrogen-bond acceptors (Lipinski definition) is 4. The van der Waals surface area contributed by atoms with Crippen molar-refractivity contribution in [3.63, 3.8) is 0 Å². The number of hydrogen-bond donors (Lipinski definition) is 0. The second-order valence-corrected chi connectivity index (χ2v) is 8.64. The highest BCUT2D eigenvalue weighted by Gasteiger charge is 2.27. The van der Waals surface area contributed by atoms with E-state index in [0.29, 0.717) is 24.4 Å². The molecule has 0 aromatic carbocycles. The van der Waals surface area contributed by atoms with Gasteiger partial charge >= 0.3 is 5.97 Å². The summed E-state index contributed by atoms with van der Waals surface area (Å²) >= 11 is 0. The normalized spacial score (nSPS) is 23.3. The minimum absolute atomic E-state index is 0.167. The number of carbonyl (C=O) groups is 1. The van der Waals surface area contributed by atoms with E-state index in [2.05, 4.69) is 32.3 Å². The highest BCUT2D eigenvalue weighted by atomic mass is 16.6. The lowest BCUT2D eigenvalue weighted by Gasteiger charge is -2.40. The van der Waals surface area contributed by atoms with Crippen LogP contribution in [-0.4, -0.2) is 48.3 Å². The largest absolute Gasteiger partial charge is 0.460 e. The molecule has 0 saturated carbocycles. The lowest BCUT2D eigenvalue weighted by atomic mass is 9.93. The highest BCUT2D eigenvalue weighted by Crippen LogP contribution is 2.23. The van der Waals surface area contributed by atoms with Gasteiger partial charge in [0.05, 0.1) is 19.6 Å². The van der Waals surface area contributed by atoms with Crippen molar-refractivity contribution in [1.82, 2.24) is 4.90 Å². The molecule has 3 atom stereocenters. The fraction of sp³-hybridized carbons (Fsp3) is 0.857. The van der Waals surface area contributed by atoms with Crippen LogP contribution in [0.4, 0.5) is 0 Å². The Balaban J connectivity index is 2.46. The van der Waals surface area contributed by atoms with Gasteiger partial charge in [-0.15, -0.1) is 0 Å². The molecule has 1 saturated heterocycles. The van der Waals surface area contributed by atoms with Gasteiger partial charge in [-0.3, -0.25) is 9.69 Å². The molecule has 0 aromatic rings. The monoisotopic (exact) mass is 353 g/mol. The Bertz CT molecular complexity index is 417. The van der Waals surface area contributed by atoms with E-state index < -0.39 is 5.60 Å². The Morgan fingerprint density at radius 1 is 1.24 bits per heavy atom. The number of esters is 1. The molecule has 146 valence electrons. The lowest BCUT2D eigenvalue weighted by Crippen LogP contribution is -2.51. The number of morpholine rings is 1. The van der Waals surface area contributed by atoms with Crippen molar-refractivity contribution >= 4 is 5.97 Å². The van der Waals surface area contributed by atoms with Crippen LogP contribution in [0.2, 0.25) is 0 Å². The van der Waals surface area contributed by atoms with Gasteiger partial charge in [-0.2, -0.15) is 0 Å². The molecule has 25 heavy (non-hydrogen) atoms. The van der Waals surface area contributed by atoms with Crippen LogP contribution in [0.5, 0.6) is 0 Å². The van der Waals surface area contributed by atoms with Crippen LogP contribution in [0, 0.1) is 5.92 Å². The minimum Gasteiger partial charge on any atom is -0.460 e. The minimum atomic E-state index is -0.426. The van der Waals surface area contributed by atoms with Crippen LogP contribution in [0.1, 0.15) is 73.6 Å². The van der Waals surface area contributed by atoms with Crippen LogP contribution in [0.25, 0.3) is 0 Å². The van der Waals surface area contributed by atoms with Gasteiger partial charge in [0.25, 0.3) is 0 Å². The van der Waals surface area contributed by atoms with Crippen LogP contribution in [-0.2, 0) is 14.3 Å². The first-order valence-corrected chi connectivity index (χ1v) is 9.84. The maximum atomic E-state index is 11.9. The van der Waals surface area contributed by atoms with Crippen molar-refractivity contribution in [1.29, 1.82) is 0 Å².